The van der Waals surface area contributed by atoms with Crippen LogP contribution >= 0.6 is 0 Å². The van der Waals surface area contributed by atoms with Crippen molar-refractivity contribution < 1.29 is 9.47 Å². The highest BCUT2D eigenvalue weighted by Gasteiger charge is 2.48. The molecule has 6 atom stereocenters. The first-order valence-electron chi connectivity index (χ1n) is 12.3. The summed E-state index contributed by atoms with van der Waals surface area (Å²) in [6.07, 6.45) is 15.4. The molecule has 5 aliphatic rings. The van der Waals surface area contributed by atoms with E-state index in [1.807, 2.05) is 0 Å². The average molecular weight is 418 g/mol. The second-order valence-electron chi connectivity index (χ2n) is 12.1. The molecule has 0 aromatic carbocycles. The number of ether oxygens (including phenoxy) is 2. The van der Waals surface area contributed by atoms with Crippen LogP contribution in [0.2, 0.25) is 0 Å². The molecule has 0 aromatic heterocycles. The molecule has 3 nitrogen and oxygen atoms in total. The first-order valence-corrected chi connectivity index (χ1v) is 12.3. The van der Waals surface area contributed by atoms with Crippen LogP contribution in [0.4, 0.5) is 0 Å². The summed E-state index contributed by atoms with van der Waals surface area (Å²) in [5, 5.41) is 3.98. The lowest BCUT2D eigenvalue weighted by molar-refractivity contribution is 0.0517. The van der Waals surface area contributed by atoms with Crippen molar-refractivity contribution in [2.75, 3.05) is 6.61 Å². The van der Waals surface area contributed by atoms with E-state index in [0.717, 1.165) is 24.4 Å². The second-order valence-corrected chi connectivity index (χ2v) is 12.1. The standard InChI is InChI=1S/C16H29NO.C9H16O.CH4.B/c1-15(2,3)10-14-12-6-9-16(7-4-5-8-16)17-13(12)11-18-14;1-6(2)8-5-7-3-4-9(8)10-7;;/h12-14,17H,4-11H2,1-3H3;6-9H,3-5H2,1-2H3;1H4;. The molecule has 1 saturated carbocycles. The Kier molecular flexibility index (Phi) is 8.96. The van der Waals surface area contributed by atoms with Gasteiger partial charge in [0.15, 0.2) is 0 Å². The fraction of sp³-hybridized carbons (Fsp3) is 1.00. The van der Waals surface area contributed by atoms with E-state index in [1.165, 1.54) is 64.2 Å². The zero-order valence-corrected chi connectivity index (χ0v) is 19.7. The van der Waals surface area contributed by atoms with E-state index in [-0.39, 0.29) is 15.8 Å². The van der Waals surface area contributed by atoms with Crippen molar-refractivity contribution in [3.63, 3.8) is 0 Å². The molecule has 4 saturated heterocycles. The SMILES string of the molecule is C.CC(C)(C)CC1OCC2NC3(CCCC3)CCC21.CC(C)C1CC2CCC1O2.[B]. The Bertz CT molecular complexity index is 526. The van der Waals surface area contributed by atoms with Gasteiger partial charge in [-0.05, 0) is 68.6 Å². The van der Waals surface area contributed by atoms with E-state index in [2.05, 4.69) is 39.9 Å². The first-order chi connectivity index (χ1) is 13.2. The van der Waals surface area contributed by atoms with Gasteiger partial charge in [-0.3, -0.25) is 0 Å². The van der Waals surface area contributed by atoms with Crippen LogP contribution in [0.15, 0.2) is 0 Å². The summed E-state index contributed by atoms with van der Waals surface area (Å²) in [7, 11) is 0. The van der Waals surface area contributed by atoms with E-state index < -0.39 is 0 Å². The number of hydrogen-bond acceptors (Lipinski definition) is 3. The zero-order valence-electron chi connectivity index (χ0n) is 19.7. The van der Waals surface area contributed by atoms with Gasteiger partial charge in [-0.2, -0.15) is 0 Å². The minimum absolute atomic E-state index is 0. The highest BCUT2D eigenvalue weighted by Crippen LogP contribution is 2.44. The Balaban J connectivity index is 0.000000229. The van der Waals surface area contributed by atoms with Crippen LogP contribution in [0, 0.1) is 23.2 Å². The van der Waals surface area contributed by atoms with Gasteiger partial charge in [-0.15, -0.1) is 0 Å². The van der Waals surface area contributed by atoms with Crippen molar-refractivity contribution in [3.8, 4) is 0 Å². The van der Waals surface area contributed by atoms with E-state index >= 15 is 0 Å². The highest BCUT2D eigenvalue weighted by atomic mass is 16.5. The third-order valence-corrected chi connectivity index (χ3v) is 8.32. The van der Waals surface area contributed by atoms with Crippen LogP contribution in [0.1, 0.15) is 106 Å². The summed E-state index contributed by atoms with van der Waals surface area (Å²) >= 11 is 0. The summed E-state index contributed by atoms with van der Waals surface area (Å²) in [4.78, 5) is 0. The van der Waals surface area contributed by atoms with Crippen molar-refractivity contribution in [1.29, 1.82) is 0 Å². The minimum Gasteiger partial charge on any atom is -0.376 e. The molecule has 4 aliphatic heterocycles. The lowest BCUT2D eigenvalue weighted by atomic mass is 9.75. The number of fused-ring (bicyclic) bond motifs is 3. The number of piperidine rings is 1. The number of hydrogen-bond donors (Lipinski definition) is 1. The molecule has 4 heteroatoms. The van der Waals surface area contributed by atoms with Gasteiger partial charge in [-0.25, -0.2) is 0 Å². The summed E-state index contributed by atoms with van der Waals surface area (Å²) in [6.45, 7) is 12.6. The molecule has 30 heavy (non-hydrogen) atoms. The van der Waals surface area contributed by atoms with E-state index in [0.29, 0.717) is 35.3 Å². The molecule has 6 unspecified atom stereocenters. The van der Waals surface area contributed by atoms with Crippen LogP contribution in [0.3, 0.4) is 0 Å². The van der Waals surface area contributed by atoms with Gasteiger partial charge in [0.1, 0.15) is 0 Å². The Labute approximate surface area is 189 Å². The van der Waals surface area contributed by atoms with Gasteiger partial charge in [-0.1, -0.05) is 54.9 Å². The summed E-state index contributed by atoms with van der Waals surface area (Å²) < 4.78 is 11.9. The van der Waals surface area contributed by atoms with E-state index in [1.54, 1.807) is 0 Å². The van der Waals surface area contributed by atoms with Crippen molar-refractivity contribution in [2.45, 2.75) is 136 Å². The zero-order chi connectivity index (χ0) is 19.9. The molecule has 0 aromatic rings. The normalized spacial score (nSPS) is 38.6. The summed E-state index contributed by atoms with van der Waals surface area (Å²) in [5.41, 5.74) is 0.892. The van der Waals surface area contributed by atoms with Crippen LogP contribution < -0.4 is 5.32 Å². The molecule has 2 bridgehead atoms. The van der Waals surface area contributed by atoms with Gasteiger partial charge in [0.25, 0.3) is 0 Å². The maximum atomic E-state index is 6.12. The van der Waals surface area contributed by atoms with Gasteiger partial charge < -0.3 is 14.8 Å². The Morgan fingerprint density at radius 1 is 1.03 bits per heavy atom. The smallest absolute Gasteiger partial charge is 0.0627 e. The predicted molar refractivity (Wildman–Crippen MR) is 128 cm³/mol. The van der Waals surface area contributed by atoms with E-state index in [9.17, 15) is 0 Å². The lowest BCUT2D eigenvalue weighted by Crippen LogP contribution is -2.56. The van der Waals surface area contributed by atoms with Crippen molar-refractivity contribution in [1.82, 2.24) is 5.32 Å². The van der Waals surface area contributed by atoms with Crippen molar-refractivity contribution >= 4 is 8.41 Å². The Morgan fingerprint density at radius 2 is 1.73 bits per heavy atom. The first kappa shape index (κ1) is 26.2. The predicted octanol–water partition coefficient (Wildman–Crippen LogP) is 5.97. The molecule has 4 heterocycles. The Hall–Kier alpha value is -0.0551. The van der Waals surface area contributed by atoms with Gasteiger partial charge >= 0.3 is 0 Å². The largest absolute Gasteiger partial charge is 0.376 e. The molecule has 5 fully saturated rings. The van der Waals surface area contributed by atoms with E-state index in [4.69, 9.17) is 9.47 Å². The Morgan fingerprint density at radius 3 is 2.23 bits per heavy atom. The number of rotatable bonds is 2. The molecule has 0 amide bonds. The lowest BCUT2D eigenvalue weighted by Gasteiger charge is -2.42. The summed E-state index contributed by atoms with van der Waals surface area (Å²) in [6, 6.07) is 0.643. The fourth-order valence-corrected chi connectivity index (χ4v) is 6.82. The van der Waals surface area contributed by atoms with Crippen molar-refractivity contribution in [2.24, 2.45) is 23.2 Å². The molecule has 1 spiro atoms. The van der Waals surface area contributed by atoms with Crippen LogP contribution in [-0.2, 0) is 9.47 Å². The molecule has 173 valence electrons. The average Bonchev–Trinajstić information content (AvgIpc) is 3.40. The maximum absolute atomic E-state index is 6.12. The van der Waals surface area contributed by atoms with Crippen LogP contribution in [0.5, 0.6) is 0 Å². The third kappa shape index (κ3) is 5.84. The minimum atomic E-state index is 0. The molecule has 3 radical (unpaired) electrons. The fourth-order valence-electron chi connectivity index (χ4n) is 6.82. The maximum Gasteiger partial charge on any atom is 0.0627 e. The number of nitrogens with one attached hydrogen (secondary N) is 1. The van der Waals surface area contributed by atoms with Crippen LogP contribution in [-0.4, -0.2) is 44.9 Å². The molecule has 5 rings (SSSR count). The summed E-state index contributed by atoms with van der Waals surface area (Å²) in [5.74, 6) is 2.48. The third-order valence-electron chi connectivity index (χ3n) is 8.32. The van der Waals surface area contributed by atoms with Gasteiger partial charge in [0.2, 0.25) is 0 Å². The second kappa shape index (κ2) is 10.3. The van der Waals surface area contributed by atoms with Gasteiger partial charge in [0, 0.05) is 25.9 Å². The molecular formula is C26H49BNO2. The quantitative estimate of drug-likeness (QED) is 0.561. The monoisotopic (exact) mass is 418 g/mol. The van der Waals surface area contributed by atoms with Crippen molar-refractivity contribution in [3.05, 3.63) is 0 Å². The molecule has 1 aliphatic carbocycles. The van der Waals surface area contributed by atoms with Gasteiger partial charge in [0.05, 0.1) is 24.9 Å². The topological polar surface area (TPSA) is 30.5 Å². The van der Waals surface area contributed by atoms with Crippen LogP contribution in [0.25, 0.3) is 0 Å². The molecule has 1 N–H and O–H groups in total. The highest BCUT2D eigenvalue weighted by molar-refractivity contribution is 5.75. The molecular weight excluding hydrogens is 369 g/mol.